The van der Waals surface area contributed by atoms with Gasteiger partial charge in [-0.25, -0.2) is 0 Å². The molecule has 279 valence electrons. The fraction of sp³-hybridized carbons (Fsp3) is 0.447. The summed E-state index contributed by atoms with van der Waals surface area (Å²) in [5, 5.41) is 15.8. The minimum Gasteiger partial charge on any atom is -0.512 e. The zero-order chi connectivity index (χ0) is 39.0. The van der Waals surface area contributed by atoms with Crippen molar-refractivity contribution in [3.05, 3.63) is 89.8 Å². The van der Waals surface area contributed by atoms with E-state index in [0.29, 0.717) is 11.4 Å². The van der Waals surface area contributed by atoms with Gasteiger partial charge in [-0.15, -0.1) is 17.5 Å². The van der Waals surface area contributed by atoms with Crippen molar-refractivity contribution in [2.75, 3.05) is 0 Å². The molecule has 4 nitrogen and oxygen atoms in total. The number of carbonyl (C=O) groups excluding carboxylic acids is 1. The number of aliphatic hydroxyl groups is 1. The number of allylic oxidation sites excluding steroid dienone is 2. The van der Waals surface area contributed by atoms with E-state index >= 15 is 0 Å². The summed E-state index contributed by atoms with van der Waals surface area (Å²) in [5.41, 5.74) is 3.74. The van der Waals surface area contributed by atoms with Crippen molar-refractivity contribution in [2.45, 2.75) is 115 Å². The second kappa shape index (κ2) is 16.2. The third-order valence-corrected chi connectivity index (χ3v) is 10.6. The summed E-state index contributed by atoms with van der Waals surface area (Å²) in [6, 6.07) is 20.4. The van der Waals surface area contributed by atoms with E-state index in [1.54, 1.807) is 0 Å². The number of aliphatic hydroxyl groups excluding tert-OH is 1. The number of carbonyl (C=O) groups is 1. The Morgan fingerprint density at radius 2 is 1.52 bits per heavy atom. The predicted molar refractivity (Wildman–Crippen MR) is 216 cm³/mol. The molecule has 1 aromatic heterocycles. The number of hydrogen-bond donors (Lipinski definition) is 1. The molecule has 1 N–H and O–H groups in total. The molecule has 0 saturated carbocycles. The summed E-state index contributed by atoms with van der Waals surface area (Å²) >= 11 is 0. The maximum atomic E-state index is 11.9. The van der Waals surface area contributed by atoms with Gasteiger partial charge in [0.05, 0.1) is 8.49 Å². The van der Waals surface area contributed by atoms with E-state index in [2.05, 4.69) is 95.1 Å². The van der Waals surface area contributed by atoms with Crippen molar-refractivity contribution in [1.29, 1.82) is 0 Å². The molecule has 5 aromatic rings. The molecule has 0 bridgehead atoms. The molecule has 1 radical (unpaired) electrons. The summed E-state index contributed by atoms with van der Waals surface area (Å²) in [6.07, 6.45) is 6.54. The Kier molecular flexibility index (Phi) is 11.9. The number of ether oxygens (including phenoxy) is 1. The number of ketones is 1. The van der Waals surface area contributed by atoms with E-state index in [4.69, 9.17) is 7.48 Å². The zero-order valence-electron chi connectivity index (χ0n) is 35.1. The Hall–Kier alpha value is -3.53. The van der Waals surface area contributed by atoms with Gasteiger partial charge in [-0.1, -0.05) is 129 Å². The van der Waals surface area contributed by atoms with Crippen LogP contribution in [0.1, 0.15) is 116 Å². The topological polar surface area (TPSA) is 59.4 Å². The van der Waals surface area contributed by atoms with Crippen molar-refractivity contribution in [2.24, 2.45) is 22.2 Å². The molecule has 0 saturated heterocycles. The average molecular weight is 879 g/mol. The SMILES string of the molecule is CCC(CC)C(=O)/C=C(\O)C(C)(CC)CC.[2H]c1nc2c3c(cc4c(CC(C)(C)C)cccc4c3c1[2H])Oc1c-2[c-]c2ccccc2c1CC(C)(C)C.[Ir]. The molecule has 1 aliphatic heterocycles. The van der Waals surface area contributed by atoms with Gasteiger partial charge in [-0.3, -0.25) is 9.78 Å². The molecule has 5 heteroatoms. The minimum absolute atomic E-state index is 0. The summed E-state index contributed by atoms with van der Waals surface area (Å²) < 4.78 is 24.3. The number of pyridine rings is 1. The van der Waals surface area contributed by atoms with Crippen LogP contribution in [0.5, 0.6) is 11.5 Å². The molecule has 0 unspecified atom stereocenters. The first-order valence-corrected chi connectivity index (χ1v) is 18.8. The molecule has 6 rings (SSSR count). The van der Waals surface area contributed by atoms with Crippen molar-refractivity contribution < 1.29 is 37.5 Å². The molecule has 2 heterocycles. The van der Waals surface area contributed by atoms with Crippen LogP contribution in [0.15, 0.2) is 72.6 Å². The van der Waals surface area contributed by atoms with E-state index in [1.165, 1.54) is 11.6 Å². The van der Waals surface area contributed by atoms with Gasteiger partial charge in [0.15, 0.2) is 5.78 Å². The molecule has 52 heavy (non-hydrogen) atoms. The van der Waals surface area contributed by atoms with E-state index < -0.39 is 0 Å². The van der Waals surface area contributed by atoms with Gasteiger partial charge in [0, 0.05) is 54.8 Å². The summed E-state index contributed by atoms with van der Waals surface area (Å²) in [6.45, 7) is 23.5. The van der Waals surface area contributed by atoms with Crippen LogP contribution in [-0.4, -0.2) is 15.9 Å². The fourth-order valence-electron chi connectivity index (χ4n) is 7.16. The molecule has 4 aromatic carbocycles. The normalized spacial score (nSPS) is 13.6. The minimum atomic E-state index is -0.248. The summed E-state index contributed by atoms with van der Waals surface area (Å²) in [5.74, 6) is 1.86. The Morgan fingerprint density at radius 1 is 0.885 bits per heavy atom. The predicted octanol–water partition coefficient (Wildman–Crippen LogP) is 13.5. The van der Waals surface area contributed by atoms with Crippen molar-refractivity contribution in [1.82, 2.24) is 4.98 Å². The molecule has 1 aliphatic rings. The second-order valence-corrected chi connectivity index (χ2v) is 17.0. The molecular weight excluding hydrogens is 819 g/mol. The number of benzene rings is 4. The van der Waals surface area contributed by atoms with Gasteiger partial charge < -0.3 is 9.84 Å². The molecule has 0 spiro atoms. The van der Waals surface area contributed by atoms with Crippen molar-refractivity contribution in [3.63, 3.8) is 0 Å². The standard InChI is InChI=1S/C33H32NO.C14H26O2.Ir/c1-32(2,3)18-21-11-9-13-23-24-14-15-34-30-26-16-20-10-7-8-12-22(20)27(19-33(4,5)6)31(26)35-28(29(24)30)17-25(21)23;1-6-11(7-2)12(15)10-13(16)14(5,8-3)9-4;/h7-15,17H,18-19H2,1-6H3;10-11,16H,6-9H2,1-5H3;/q-1;;/b;13-10-;/i14D,15D;;. The van der Waals surface area contributed by atoms with Gasteiger partial charge in [-0.2, -0.15) is 0 Å². The first-order valence-electron chi connectivity index (χ1n) is 19.8. The Labute approximate surface area is 328 Å². The van der Waals surface area contributed by atoms with Crippen LogP contribution in [0.4, 0.5) is 0 Å². The van der Waals surface area contributed by atoms with Crippen LogP contribution in [-0.2, 0) is 37.7 Å². The first-order chi connectivity index (χ1) is 24.9. The fourth-order valence-corrected chi connectivity index (χ4v) is 7.16. The van der Waals surface area contributed by atoms with Gasteiger partial charge >= 0.3 is 0 Å². The molecule has 0 aliphatic carbocycles. The number of aromatic nitrogens is 1. The van der Waals surface area contributed by atoms with Crippen LogP contribution >= 0.6 is 0 Å². The molecule has 0 amide bonds. The molecule has 0 atom stereocenters. The van der Waals surface area contributed by atoms with Crippen LogP contribution in [0.3, 0.4) is 0 Å². The summed E-state index contributed by atoms with van der Waals surface area (Å²) in [4.78, 5) is 16.5. The van der Waals surface area contributed by atoms with Gasteiger partial charge in [-0.05, 0) is 83.2 Å². The Balaban J connectivity index is 0.000000327. The Morgan fingerprint density at radius 3 is 2.13 bits per heavy atom. The van der Waals surface area contributed by atoms with Gasteiger partial charge in [0.1, 0.15) is 11.5 Å². The summed E-state index contributed by atoms with van der Waals surface area (Å²) in [7, 11) is 0. The first kappa shape index (κ1) is 38.2. The number of hydrogen-bond acceptors (Lipinski definition) is 4. The van der Waals surface area contributed by atoms with Crippen LogP contribution in [0.2, 0.25) is 0 Å². The van der Waals surface area contributed by atoms with Gasteiger partial charge in [0.25, 0.3) is 0 Å². The third-order valence-electron chi connectivity index (χ3n) is 10.6. The number of nitrogens with zero attached hydrogens (tertiary/aromatic N) is 1. The average Bonchev–Trinajstić information content (AvgIpc) is 3.09. The molecule has 0 fully saturated rings. The smallest absolute Gasteiger partial charge is 0.162 e. The maximum Gasteiger partial charge on any atom is 0.162 e. The van der Waals surface area contributed by atoms with Gasteiger partial charge in [0.2, 0.25) is 0 Å². The van der Waals surface area contributed by atoms with Crippen molar-refractivity contribution >= 4 is 38.1 Å². The van der Waals surface area contributed by atoms with E-state index in [-0.39, 0.29) is 66.0 Å². The van der Waals surface area contributed by atoms with Crippen molar-refractivity contribution in [3.8, 4) is 22.8 Å². The zero-order valence-corrected chi connectivity index (χ0v) is 35.5. The van der Waals surface area contributed by atoms with E-state index in [9.17, 15) is 9.90 Å². The van der Waals surface area contributed by atoms with Crippen LogP contribution < -0.4 is 4.74 Å². The monoisotopic (exact) mass is 879 g/mol. The quantitative estimate of drug-likeness (QED) is 0.0680. The second-order valence-electron chi connectivity index (χ2n) is 17.0. The van der Waals surface area contributed by atoms with Crippen LogP contribution in [0.25, 0.3) is 43.6 Å². The number of fused-ring (bicyclic) bond motifs is 5. The van der Waals surface area contributed by atoms with E-state index in [0.717, 1.165) is 87.7 Å². The largest absolute Gasteiger partial charge is 0.512 e. The maximum absolute atomic E-state index is 11.9. The van der Waals surface area contributed by atoms with E-state index in [1.807, 2.05) is 40.7 Å². The van der Waals surface area contributed by atoms with Crippen LogP contribution in [0, 0.1) is 28.2 Å². The molecular formula is C47H58IrNO3-. The third kappa shape index (κ3) is 8.64. The number of rotatable bonds is 9. The Bertz CT molecular complexity index is 2200.